The number of ether oxygens (including phenoxy) is 1. The van der Waals surface area contributed by atoms with Crippen molar-refractivity contribution in [2.24, 2.45) is 5.41 Å². The normalized spacial score (nSPS) is 14.1. The van der Waals surface area contributed by atoms with Gasteiger partial charge in [0.25, 0.3) is 0 Å². The summed E-state index contributed by atoms with van der Waals surface area (Å²) in [6, 6.07) is 8.84. The highest BCUT2D eigenvalue weighted by Gasteiger charge is 2.29. The maximum Gasteiger partial charge on any atom is 0.129 e. The molecule has 3 aromatic rings. The summed E-state index contributed by atoms with van der Waals surface area (Å²) in [4.78, 5) is 23.2. The molecule has 0 unspecified atom stereocenters. The van der Waals surface area contributed by atoms with Crippen LogP contribution in [-0.2, 0) is 11.2 Å². The molecule has 4 rings (SSSR count). The van der Waals surface area contributed by atoms with Crippen LogP contribution in [0, 0.1) is 25.1 Å². The largest absolute Gasteiger partial charge is 0.492 e. The van der Waals surface area contributed by atoms with E-state index >= 15 is 0 Å². The molecule has 43 heavy (non-hydrogen) atoms. The smallest absolute Gasteiger partial charge is 0.129 e. The molecule has 0 spiro atoms. The van der Waals surface area contributed by atoms with Crippen molar-refractivity contribution in [2.45, 2.75) is 73.3 Å². The number of hydrogen-bond acceptors (Lipinski definition) is 8. The molecule has 0 radical (unpaired) electrons. The molecule has 0 aliphatic carbocycles. The molecule has 8 nitrogen and oxygen atoms in total. The van der Waals surface area contributed by atoms with Crippen molar-refractivity contribution < 1.29 is 24.1 Å². The molecule has 1 fully saturated rings. The van der Waals surface area contributed by atoms with Crippen molar-refractivity contribution in [1.29, 1.82) is 0 Å². The highest BCUT2D eigenvalue weighted by atomic mass is 19.1. The first-order valence-electron chi connectivity index (χ1n) is 14.7. The van der Waals surface area contributed by atoms with Gasteiger partial charge in [-0.15, -0.1) is 0 Å². The van der Waals surface area contributed by atoms with E-state index in [1.165, 1.54) is 6.07 Å². The number of nitrogens with zero attached hydrogens (tertiary/aromatic N) is 3. The van der Waals surface area contributed by atoms with E-state index in [1.807, 2.05) is 25.3 Å². The fraction of sp³-hybridized carbons (Fsp3) is 0.500. The first kappa shape index (κ1) is 35.6. The average Bonchev–Trinajstić information content (AvgIpc) is 2.95. The third-order valence-electron chi connectivity index (χ3n) is 6.97. The van der Waals surface area contributed by atoms with Crippen LogP contribution in [0.25, 0.3) is 11.3 Å². The van der Waals surface area contributed by atoms with Gasteiger partial charge in [0, 0.05) is 62.2 Å². The van der Waals surface area contributed by atoms with Crippen molar-refractivity contribution in [3.8, 4) is 17.0 Å². The molecule has 1 aliphatic heterocycles. The van der Waals surface area contributed by atoms with E-state index in [9.17, 15) is 9.18 Å². The average molecular weight is 597 g/mol. The SMILES string of the molecule is CC(C)(C)O.CO.Cc1ccc(OCCNc2ccc(-c3cnc(C)c(CC=O)c3N3CCC(C)(C)CC3)nc2)cc1F. The highest BCUT2D eigenvalue weighted by molar-refractivity contribution is 5.81. The van der Waals surface area contributed by atoms with Gasteiger partial charge in [-0.25, -0.2) is 4.39 Å². The Balaban J connectivity index is 0.000000836. The van der Waals surface area contributed by atoms with E-state index in [2.05, 4.69) is 29.0 Å². The summed E-state index contributed by atoms with van der Waals surface area (Å²) in [5, 5.41) is 18.8. The lowest BCUT2D eigenvalue weighted by Crippen LogP contribution is -2.38. The number of rotatable bonds is 9. The summed E-state index contributed by atoms with van der Waals surface area (Å²) >= 11 is 0. The number of anilines is 2. The van der Waals surface area contributed by atoms with E-state index in [1.54, 1.807) is 46.0 Å². The molecule has 1 aliphatic rings. The lowest BCUT2D eigenvalue weighted by atomic mass is 9.82. The van der Waals surface area contributed by atoms with Gasteiger partial charge < -0.3 is 30.0 Å². The number of halogens is 1. The number of aldehydes is 1. The lowest BCUT2D eigenvalue weighted by Gasteiger charge is -2.40. The molecule has 0 amide bonds. The van der Waals surface area contributed by atoms with Crippen LogP contribution in [0.1, 0.15) is 64.3 Å². The maximum atomic E-state index is 13.7. The van der Waals surface area contributed by atoms with Crippen molar-refractivity contribution in [3.63, 3.8) is 0 Å². The zero-order valence-electron chi connectivity index (χ0n) is 27.0. The molecule has 1 aromatic carbocycles. The number of aliphatic hydroxyl groups excluding tert-OH is 1. The third kappa shape index (κ3) is 11.6. The highest BCUT2D eigenvalue weighted by Crippen LogP contribution is 2.39. The van der Waals surface area contributed by atoms with Crippen molar-refractivity contribution >= 4 is 17.7 Å². The summed E-state index contributed by atoms with van der Waals surface area (Å²) in [5.41, 5.74) is 6.02. The molecule has 0 saturated carbocycles. The zero-order valence-corrected chi connectivity index (χ0v) is 27.0. The molecule has 9 heteroatoms. The summed E-state index contributed by atoms with van der Waals surface area (Å²) < 4.78 is 19.3. The van der Waals surface area contributed by atoms with Crippen LogP contribution in [-0.4, -0.2) is 65.4 Å². The van der Waals surface area contributed by atoms with Gasteiger partial charge in [0.2, 0.25) is 0 Å². The molecule has 3 N–H and O–H groups in total. The fourth-order valence-electron chi connectivity index (χ4n) is 4.53. The number of pyridine rings is 2. The Labute approximate surface area is 256 Å². The van der Waals surface area contributed by atoms with Gasteiger partial charge in [0.15, 0.2) is 0 Å². The number of aliphatic hydroxyl groups is 2. The number of carbonyl (C=O) groups is 1. The quantitative estimate of drug-likeness (QED) is 0.200. The molecule has 236 valence electrons. The first-order chi connectivity index (χ1) is 20.3. The summed E-state index contributed by atoms with van der Waals surface area (Å²) in [6.45, 7) is 16.4. The van der Waals surface area contributed by atoms with Gasteiger partial charge >= 0.3 is 0 Å². The lowest BCUT2D eigenvalue weighted by molar-refractivity contribution is -0.107. The Morgan fingerprint density at radius 1 is 1.07 bits per heavy atom. The zero-order chi connectivity index (χ0) is 32.2. The molecular formula is C34H49FN4O4. The van der Waals surface area contributed by atoms with E-state index in [-0.39, 0.29) is 5.82 Å². The van der Waals surface area contributed by atoms with Crippen LogP contribution in [0.15, 0.2) is 42.7 Å². The van der Waals surface area contributed by atoms with Gasteiger partial charge in [-0.2, -0.15) is 0 Å². The number of benzene rings is 1. The van der Waals surface area contributed by atoms with E-state index in [0.717, 1.165) is 73.2 Å². The minimum atomic E-state index is -0.500. The summed E-state index contributed by atoms with van der Waals surface area (Å²) in [7, 11) is 1.00. The summed E-state index contributed by atoms with van der Waals surface area (Å²) in [5.74, 6) is 0.245. The van der Waals surface area contributed by atoms with Crippen LogP contribution >= 0.6 is 0 Å². The van der Waals surface area contributed by atoms with Crippen LogP contribution in [0.5, 0.6) is 5.75 Å². The Morgan fingerprint density at radius 3 is 2.28 bits per heavy atom. The number of carbonyl (C=O) groups excluding carboxylic acids is 1. The number of aryl methyl sites for hydroxylation is 2. The topological polar surface area (TPSA) is 108 Å². The van der Waals surface area contributed by atoms with E-state index in [4.69, 9.17) is 19.9 Å². The van der Waals surface area contributed by atoms with Gasteiger partial charge in [-0.1, -0.05) is 19.9 Å². The second kappa shape index (κ2) is 16.3. The Morgan fingerprint density at radius 2 is 1.72 bits per heavy atom. The predicted octanol–water partition coefficient (Wildman–Crippen LogP) is 6.14. The molecule has 0 atom stereocenters. The van der Waals surface area contributed by atoms with Crippen LogP contribution < -0.4 is 15.0 Å². The third-order valence-corrected chi connectivity index (χ3v) is 6.97. The minimum absolute atomic E-state index is 0.269. The fourth-order valence-corrected chi connectivity index (χ4v) is 4.53. The van der Waals surface area contributed by atoms with Gasteiger partial charge in [0.1, 0.15) is 24.5 Å². The number of hydrogen-bond donors (Lipinski definition) is 3. The van der Waals surface area contributed by atoms with E-state index in [0.29, 0.717) is 36.3 Å². The molecule has 3 heterocycles. The second-order valence-corrected chi connectivity index (χ2v) is 12.4. The Bertz CT molecular complexity index is 1290. The minimum Gasteiger partial charge on any atom is -0.492 e. The van der Waals surface area contributed by atoms with Crippen LogP contribution in [0.4, 0.5) is 15.8 Å². The standard InChI is InChI=1S/C29H35FN4O2.C4H10O.CH4O/c1-20-5-7-23(17-26(20)30)36-16-12-31-22-6-8-27(33-18-22)25-19-32-21(2)24(9-15-35)28(25)34-13-10-29(3,4)11-14-34;1-4(2,3)5;1-2/h5-8,15,17-19,31H,9-14,16H2,1-4H3;5H,1-3H3;2H,1H3. The number of piperidine rings is 1. The number of aromatic nitrogens is 2. The van der Waals surface area contributed by atoms with Crippen LogP contribution in [0.2, 0.25) is 0 Å². The first-order valence-corrected chi connectivity index (χ1v) is 14.7. The van der Waals surface area contributed by atoms with Gasteiger partial charge in [-0.3, -0.25) is 9.97 Å². The summed E-state index contributed by atoms with van der Waals surface area (Å²) in [6.07, 6.45) is 7.17. The second-order valence-electron chi connectivity index (χ2n) is 12.4. The Hall–Kier alpha value is -3.56. The number of nitrogens with one attached hydrogen (secondary N) is 1. The predicted molar refractivity (Wildman–Crippen MR) is 172 cm³/mol. The van der Waals surface area contributed by atoms with Gasteiger partial charge in [0.05, 0.1) is 28.9 Å². The maximum absolute atomic E-state index is 13.7. The monoisotopic (exact) mass is 596 g/mol. The Kier molecular flexibility index (Phi) is 13.5. The van der Waals surface area contributed by atoms with Crippen LogP contribution in [0.3, 0.4) is 0 Å². The molecule has 2 aromatic heterocycles. The van der Waals surface area contributed by atoms with Crippen molar-refractivity contribution in [1.82, 2.24) is 9.97 Å². The van der Waals surface area contributed by atoms with Crippen molar-refractivity contribution in [3.05, 3.63) is 65.4 Å². The molecule has 1 saturated heterocycles. The molecular weight excluding hydrogens is 547 g/mol. The van der Waals surface area contributed by atoms with Crippen molar-refractivity contribution in [2.75, 3.05) is 43.6 Å². The van der Waals surface area contributed by atoms with E-state index < -0.39 is 5.60 Å². The molecule has 0 bridgehead atoms. The van der Waals surface area contributed by atoms with Gasteiger partial charge in [-0.05, 0) is 76.6 Å².